The maximum Gasteiger partial charge on any atom is 0.276 e. The average Bonchev–Trinajstić information content (AvgIpc) is 3.09. The molecule has 0 fully saturated rings. The number of thiophene rings is 1. The Kier molecular flexibility index (Phi) is 4.18. The minimum Gasteiger partial charge on any atom is -0.433 e. The van der Waals surface area contributed by atoms with Gasteiger partial charge in [0.25, 0.3) is 11.4 Å². The molecule has 0 radical (unpaired) electrons. The number of aromatic nitrogens is 4. The lowest BCUT2D eigenvalue weighted by atomic mass is 10.1. The third-order valence-corrected chi connectivity index (χ3v) is 5.13. The van der Waals surface area contributed by atoms with Gasteiger partial charge in [-0.15, -0.1) is 16.4 Å². The Bertz CT molecular complexity index is 1170. The van der Waals surface area contributed by atoms with E-state index in [2.05, 4.69) is 15.1 Å². The highest BCUT2D eigenvalue weighted by Gasteiger charge is 2.18. The summed E-state index contributed by atoms with van der Waals surface area (Å²) >= 11 is 7.54. The van der Waals surface area contributed by atoms with Gasteiger partial charge in [-0.3, -0.25) is 9.78 Å². The van der Waals surface area contributed by atoms with Crippen LogP contribution in [0.5, 0.6) is 11.6 Å². The molecule has 6 nitrogen and oxygen atoms in total. The number of hydrogen-bond donors (Lipinski definition) is 0. The van der Waals surface area contributed by atoms with E-state index in [9.17, 15) is 4.79 Å². The molecule has 0 aliphatic heterocycles. The molecule has 4 aromatic heterocycles. The van der Waals surface area contributed by atoms with Crippen LogP contribution < -0.4 is 10.3 Å². The minimum atomic E-state index is -0.186. The highest BCUT2D eigenvalue weighted by molar-refractivity contribution is 7.18. The zero-order valence-corrected chi connectivity index (χ0v) is 15.5. The Morgan fingerprint density at radius 2 is 2.04 bits per heavy atom. The molecule has 0 unspecified atom stereocenters. The predicted molar refractivity (Wildman–Crippen MR) is 102 cm³/mol. The fourth-order valence-electron chi connectivity index (χ4n) is 2.63. The number of nitrogens with zero attached hydrogens (tertiary/aromatic N) is 4. The van der Waals surface area contributed by atoms with Crippen molar-refractivity contribution in [3.8, 4) is 22.8 Å². The van der Waals surface area contributed by atoms with Crippen LogP contribution in [0.2, 0.25) is 5.15 Å². The standard InChI is InChI=1S/C18H13ClN4O2S/c1-10-7-13(16(19)21-8-10)25-17-15-14(18(24)23(2)22-17)12(9-26-15)11-3-5-20-6-4-11/h3-9H,1-2H3. The summed E-state index contributed by atoms with van der Waals surface area (Å²) in [5.41, 5.74) is 2.47. The Hall–Kier alpha value is -2.77. The molecule has 0 aliphatic carbocycles. The summed E-state index contributed by atoms with van der Waals surface area (Å²) < 4.78 is 7.86. The molecule has 0 bridgehead atoms. The van der Waals surface area contributed by atoms with Gasteiger partial charge in [-0.1, -0.05) is 11.6 Å². The molecule has 0 saturated heterocycles. The molecule has 26 heavy (non-hydrogen) atoms. The minimum absolute atomic E-state index is 0.186. The Labute approximate surface area is 157 Å². The van der Waals surface area contributed by atoms with Gasteiger partial charge >= 0.3 is 0 Å². The third kappa shape index (κ3) is 2.85. The van der Waals surface area contributed by atoms with Crippen molar-refractivity contribution in [2.45, 2.75) is 6.92 Å². The lowest BCUT2D eigenvalue weighted by molar-refractivity contribution is 0.447. The molecule has 0 N–H and O–H groups in total. The molecule has 130 valence electrons. The van der Waals surface area contributed by atoms with Crippen LogP contribution in [-0.2, 0) is 7.05 Å². The molecule has 0 aliphatic rings. The summed E-state index contributed by atoms with van der Waals surface area (Å²) in [4.78, 5) is 20.8. The van der Waals surface area contributed by atoms with Gasteiger partial charge in [-0.25, -0.2) is 9.67 Å². The van der Waals surface area contributed by atoms with E-state index in [-0.39, 0.29) is 10.7 Å². The first-order valence-corrected chi connectivity index (χ1v) is 8.99. The fourth-order valence-corrected chi connectivity index (χ4v) is 3.76. The average molecular weight is 385 g/mol. The predicted octanol–water partition coefficient (Wildman–Crippen LogP) is 4.21. The molecule has 0 saturated carbocycles. The van der Waals surface area contributed by atoms with Crippen LogP contribution in [0.1, 0.15) is 5.56 Å². The van der Waals surface area contributed by atoms with E-state index < -0.39 is 0 Å². The van der Waals surface area contributed by atoms with Crippen molar-refractivity contribution in [2.75, 3.05) is 0 Å². The monoisotopic (exact) mass is 384 g/mol. The summed E-state index contributed by atoms with van der Waals surface area (Å²) in [6.07, 6.45) is 5.05. The quantitative estimate of drug-likeness (QED) is 0.495. The molecule has 0 spiro atoms. The number of aryl methyl sites for hydroxylation is 2. The van der Waals surface area contributed by atoms with Crippen LogP contribution in [0, 0.1) is 6.92 Å². The van der Waals surface area contributed by atoms with E-state index >= 15 is 0 Å². The van der Waals surface area contributed by atoms with Crippen LogP contribution in [0.3, 0.4) is 0 Å². The zero-order valence-electron chi connectivity index (χ0n) is 13.9. The topological polar surface area (TPSA) is 69.9 Å². The van der Waals surface area contributed by atoms with Crippen molar-refractivity contribution in [3.05, 3.63) is 63.2 Å². The van der Waals surface area contributed by atoms with E-state index in [1.165, 1.54) is 16.0 Å². The number of fused-ring (bicyclic) bond motifs is 1. The summed E-state index contributed by atoms with van der Waals surface area (Å²) in [7, 11) is 1.60. The number of hydrogen-bond acceptors (Lipinski definition) is 6. The molecular weight excluding hydrogens is 372 g/mol. The van der Waals surface area contributed by atoms with Gasteiger partial charge in [0.15, 0.2) is 10.9 Å². The van der Waals surface area contributed by atoms with E-state index in [4.69, 9.17) is 16.3 Å². The zero-order chi connectivity index (χ0) is 18.3. The second-order valence-electron chi connectivity index (χ2n) is 5.73. The number of rotatable bonds is 3. The summed E-state index contributed by atoms with van der Waals surface area (Å²) in [6.45, 7) is 1.90. The Morgan fingerprint density at radius 3 is 2.81 bits per heavy atom. The maximum absolute atomic E-state index is 12.7. The lowest BCUT2D eigenvalue weighted by Crippen LogP contribution is -2.19. The number of halogens is 1. The highest BCUT2D eigenvalue weighted by Crippen LogP contribution is 2.38. The molecule has 0 aromatic carbocycles. The smallest absolute Gasteiger partial charge is 0.276 e. The molecule has 4 heterocycles. The number of pyridine rings is 2. The van der Waals surface area contributed by atoms with E-state index in [0.29, 0.717) is 21.7 Å². The van der Waals surface area contributed by atoms with E-state index in [0.717, 1.165) is 16.7 Å². The molecular formula is C18H13ClN4O2S. The Morgan fingerprint density at radius 1 is 1.27 bits per heavy atom. The summed E-state index contributed by atoms with van der Waals surface area (Å²) in [6, 6.07) is 5.51. The van der Waals surface area contributed by atoms with Crippen molar-refractivity contribution in [1.82, 2.24) is 19.7 Å². The second-order valence-corrected chi connectivity index (χ2v) is 6.96. The second kappa shape index (κ2) is 6.51. The van der Waals surface area contributed by atoms with Gasteiger partial charge in [0.05, 0.1) is 5.39 Å². The first-order chi connectivity index (χ1) is 12.5. The summed E-state index contributed by atoms with van der Waals surface area (Å²) in [5.74, 6) is 0.722. The van der Waals surface area contributed by atoms with Crippen LogP contribution in [-0.4, -0.2) is 19.7 Å². The van der Waals surface area contributed by atoms with Crippen molar-refractivity contribution in [2.24, 2.45) is 7.05 Å². The largest absolute Gasteiger partial charge is 0.433 e. The first kappa shape index (κ1) is 16.7. The van der Waals surface area contributed by atoms with Gasteiger partial charge < -0.3 is 4.74 Å². The van der Waals surface area contributed by atoms with Gasteiger partial charge in [-0.05, 0) is 36.2 Å². The molecule has 0 amide bonds. The van der Waals surface area contributed by atoms with Crippen LogP contribution >= 0.6 is 22.9 Å². The lowest BCUT2D eigenvalue weighted by Gasteiger charge is -2.09. The van der Waals surface area contributed by atoms with Crippen molar-refractivity contribution >= 4 is 33.0 Å². The number of ether oxygens (including phenoxy) is 1. The van der Waals surface area contributed by atoms with Gasteiger partial charge in [-0.2, -0.15) is 0 Å². The normalized spacial score (nSPS) is 11.0. The molecule has 4 aromatic rings. The van der Waals surface area contributed by atoms with Crippen molar-refractivity contribution in [1.29, 1.82) is 0 Å². The SMILES string of the molecule is Cc1cnc(Cl)c(Oc2nn(C)c(=O)c3c(-c4ccncc4)csc23)c1. The van der Waals surface area contributed by atoms with Gasteiger partial charge in [0, 0.05) is 36.6 Å². The highest BCUT2D eigenvalue weighted by atomic mass is 35.5. The van der Waals surface area contributed by atoms with Crippen LogP contribution in [0.15, 0.2) is 47.0 Å². The van der Waals surface area contributed by atoms with Gasteiger partial charge in [0.2, 0.25) is 0 Å². The first-order valence-electron chi connectivity index (χ1n) is 7.73. The molecule has 4 rings (SSSR count). The van der Waals surface area contributed by atoms with Crippen LogP contribution in [0.4, 0.5) is 0 Å². The molecule has 0 atom stereocenters. The third-order valence-electron chi connectivity index (χ3n) is 3.88. The fraction of sp³-hybridized carbons (Fsp3) is 0.111. The maximum atomic E-state index is 12.7. The van der Waals surface area contributed by atoms with Gasteiger partial charge in [0.1, 0.15) is 4.70 Å². The molecule has 8 heteroatoms. The summed E-state index contributed by atoms with van der Waals surface area (Å²) in [5, 5.41) is 6.99. The van der Waals surface area contributed by atoms with Crippen molar-refractivity contribution in [3.63, 3.8) is 0 Å². The van der Waals surface area contributed by atoms with Crippen LogP contribution in [0.25, 0.3) is 21.2 Å². The van der Waals surface area contributed by atoms with Crippen molar-refractivity contribution < 1.29 is 4.74 Å². The van der Waals surface area contributed by atoms with E-state index in [1.807, 2.05) is 24.4 Å². The van der Waals surface area contributed by atoms with E-state index in [1.54, 1.807) is 31.7 Å². The Balaban J connectivity index is 1.92.